The van der Waals surface area contributed by atoms with Crippen LogP contribution in [0.5, 0.6) is 11.5 Å². The van der Waals surface area contributed by atoms with Crippen LogP contribution >= 0.6 is 11.6 Å². The molecule has 0 radical (unpaired) electrons. The maximum Gasteiger partial charge on any atom is 0.251 e. The molecule has 0 aromatic heterocycles. The van der Waals surface area contributed by atoms with E-state index in [1.807, 2.05) is 18.2 Å². The molecule has 0 fully saturated rings. The number of amides is 1. The molecule has 110 valence electrons. The minimum absolute atomic E-state index is 0.152. The lowest BCUT2D eigenvalue weighted by atomic mass is 10.2. The van der Waals surface area contributed by atoms with E-state index in [-0.39, 0.29) is 5.91 Å². The normalized spacial score (nSPS) is 10.0. The first kappa shape index (κ1) is 15.2. The van der Waals surface area contributed by atoms with Crippen LogP contribution in [0.3, 0.4) is 0 Å². The first-order valence-electron chi connectivity index (χ1n) is 6.49. The zero-order valence-electron chi connectivity index (χ0n) is 11.6. The van der Waals surface area contributed by atoms with E-state index in [0.717, 1.165) is 5.75 Å². The Morgan fingerprint density at radius 2 is 1.86 bits per heavy atom. The van der Waals surface area contributed by atoms with Crippen LogP contribution in [-0.4, -0.2) is 26.2 Å². The van der Waals surface area contributed by atoms with Crippen LogP contribution in [0, 0.1) is 0 Å². The van der Waals surface area contributed by atoms with Crippen molar-refractivity contribution in [3.8, 4) is 11.5 Å². The number of carbonyl (C=O) groups excluding carboxylic acids is 1. The van der Waals surface area contributed by atoms with Gasteiger partial charge in [0.05, 0.1) is 13.7 Å². The largest absolute Gasteiger partial charge is 0.497 e. The van der Waals surface area contributed by atoms with Crippen LogP contribution in [0.4, 0.5) is 0 Å². The molecule has 2 rings (SSSR count). The topological polar surface area (TPSA) is 47.6 Å². The molecule has 0 aliphatic carbocycles. The highest BCUT2D eigenvalue weighted by Gasteiger charge is 2.04. The SMILES string of the molecule is COc1cccc(OCCNC(=O)c2ccc(Cl)cc2)c1. The van der Waals surface area contributed by atoms with Crippen LogP contribution in [0.25, 0.3) is 0 Å². The quantitative estimate of drug-likeness (QED) is 0.834. The van der Waals surface area contributed by atoms with Crippen molar-refractivity contribution in [3.05, 3.63) is 59.1 Å². The van der Waals surface area contributed by atoms with E-state index in [1.54, 1.807) is 37.4 Å². The number of ether oxygens (including phenoxy) is 2. The molecule has 0 heterocycles. The van der Waals surface area contributed by atoms with Gasteiger partial charge in [-0.15, -0.1) is 0 Å². The van der Waals surface area contributed by atoms with Crippen molar-refractivity contribution >= 4 is 17.5 Å². The molecule has 5 heteroatoms. The van der Waals surface area contributed by atoms with Crippen molar-refractivity contribution in [1.82, 2.24) is 5.32 Å². The average molecular weight is 306 g/mol. The summed E-state index contributed by atoms with van der Waals surface area (Å²) >= 11 is 5.77. The third-order valence-corrected chi connectivity index (χ3v) is 3.06. The fraction of sp³-hybridized carbons (Fsp3) is 0.188. The van der Waals surface area contributed by atoms with Crippen LogP contribution in [0.2, 0.25) is 5.02 Å². The van der Waals surface area contributed by atoms with Gasteiger partial charge in [0.15, 0.2) is 0 Å². The van der Waals surface area contributed by atoms with Crippen molar-refractivity contribution in [1.29, 1.82) is 0 Å². The van der Waals surface area contributed by atoms with Crippen molar-refractivity contribution in [2.45, 2.75) is 0 Å². The highest BCUT2D eigenvalue weighted by Crippen LogP contribution is 2.18. The molecular weight excluding hydrogens is 290 g/mol. The van der Waals surface area contributed by atoms with Gasteiger partial charge in [-0.3, -0.25) is 4.79 Å². The number of nitrogens with one attached hydrogen (secondary N) is 1. The lowest BCUT2D eigenvalue weighted by molar-refractivity contribution is 0.0947. The summed E-state index contributed by atoms with van der Waals surface area (Å²) in [6.45, 7) is 0.797. The Morgan fingerprint density at radius 1 is 1.14 bits per heavy atom. The van der Waals surface area contributed by atoms with Crippen molar-refractivity contribution < 1.29 is 14.3 Å². The van der Waals surface area contributed by atoms with E-state index in [1.165, 1.54) is 0 Å². The minimum Gasteiger partial charge on any atom is -0.497 e. The summed E-state index contributed by atoms with van der Waals surface area (Å²) in [5.74, 6) is 1.29. The molecule has 21 heavy (non-hydrogen) atoms. The first-order chi connectivity index (χ1) is 10.2. The summed E-state index contributed by atoms with van der Waals surface area (Å²) in [5.41, 5.74) is 0.570. The van der Waals surface area contributed by atoms with Gasteiger partial charge in [0.25, 0.3) is 5.91 Å². The molecule has 0 saturated carbocycles. The van der Waals surface area contributed by atoms with Gasteiger partial charge in [0.2, 0.25) is 0 Å². The molecule has 1 amide bonds. The predicted molar refractivity (Wildman–Crippen MR) is 82.3 cm³/mol. The van der Waals surface area contributed by atoms with Crippen LogP contribution in [-0.2, 0) is 0 Å². The molecule has 2 aromatic carbocycles. The van der Waals surface area contributed by atoms with Gasteiger partial charge < -0.3 is 14.8 Å². The maximum atomic E-state index is 11.8. The number of halogens is 1. The van der Waals surface area contributed by atoms with Crippen LogP contribution in [0.1, 0.15) is 10.4 Å². The van der Waals surface area contributed by atoms with Crippen molar-refractivity contribution in [2.24, 2.45) is 0 Å². The Labute approximate surface area is 128 Å². The van der Waals surface area contributed by atoms with E-state index in [2.05, 4.69) is 5.32 Å². The molecule has 0 aliphatic rings. The standard InChI is InChI=1S/C16H16ClNO3/c1-20-14-3-2-4-15(11-14)21-10-9-18-16(19)12-5-7-13(17)8-6-12/h2-8,11H,9-10H2,1H3,(H,18,19). The van der Waals surface area contributed by atoms with Gasteiger partial charge >= 0.3 is 0 Å². The van der Waals surface area contributed by atoms with Crippen LogP contribution < -0.4 is 14.8 Å². The summed E-state index contributed by atoms with van der Waals surface area (Å²) in [6, 6.07) is 14.0. The number of rotatable bonds is 6. The Kier molecular flexibility index (Phi) is 5.46. The molecule has 0 atom stereocenters. The van der Waals surface area contributed by atoms with E-state index in [9.17, 15) is 4.79 Å². The third-order valence-electron chi connectivity index (χ3n) is 2.80. The molecule has 1 N–H and O–H groups in total. The summed E-state index contributed by atoms with van der Waals surface area (Å²) in [7, 11) is 1.60. The molecular formula is C16H16ClNO3. The Bertz CT molecular complexity index is 599. The van der Waals surface area contributed by atoms with E-state index in [0.29, 0.717) is 29.5 Å². The van der Waals surface area contributed by atoms with Crippen molar-refractivity contribution in [3.63, 3.8) is 0 Å². The predicted octanol–water partition coefficient (Wildman–Crippen LogP) is 3.16. The Hall–Kier alpha value is -2.20. The van der Waals surface area contributed by atoms with E-state index in [4.69, 9.17) is 21.1 Å². The smallest absolute Gasteiger partial charge is 0.251 e. The fourth-order valence-corrected chi connectivity index (χ4v) is 1.85. The highest BCUT2D eigenvalue weighted by atomic mass is 35.5. The second kappa shape index (κ2) is 7.55. The fourth-order valence-electron chi connectivity index (χ4n) is 1.73. The Morgan fingerprint density at radius 3 is 2.57 bits per heavy atom. The number of hydrogen-bond acceptors (Lipinski definition) is 3. The zero-order chi connectivity index (χ0) is 15.1. The minimum atomic E-state index is -0.152. The summed E-state index contributed by atoms with van der Waals surface area (Å²) in [5, 5.41) is 3.38. The second-order valence-corrected chi connectivity index (χ2v) is 4.73. The maximum absolute atomic E-state index is 11.8. The highest BCUT2D eigenvalue weighted by molar-refractivity contribution is 6.30. The molecule has 0 saturated heterocycles. The molecule has 0 spiro atoms. The summed E-state index contributed by atoms with van der Waals surface area (Å²) in [4.78, 5) is 11.8. The van der Waals surface area contributed by atoms with Gasteiger partial charge in [-0.2, -0.15) is 0 Å². The second-order valence-electron chi connectivity index (χ2n) is 4.29. The Balaban J connectivity index is 1.76. The lowest BCUT2D eigenvalue weighted by Crippen LogP contribution is -2.28. The van der Waals surface area contributed by atoms with Crippen molar-refractivity contribution in [2.75, 3.05) is 20.3 Å². The van der Waals surface area contributed by atoms with Gasteiger partial charge in [0, 0.05) is 16.7 Å². The molecule has 2 aromatic rings. The summed E-state index contributed by atoms with van der Waals surface area (Å²) in [6.07, 6.45) is 0. The lowest BCUT2D eigenvalue weighted by Gasteiger charge is -2.09. The number of methoxy groups -OCH3 is 1. The molecule has 0 bridgehead atoms. The molecule has 0 unspecified atom stereocenters. The molecule has 4 nitrogen and oxygen atoms in total. The van der Waals surface area contributed by atoms with Gasteiger partial charge in [-0.05, 0) is 36.4 Å². The van der Waals surface area contributed by atoms with Gasteiger partial charge in [-0.25, -0.2) is 0 Å². The van der Waals surface area contributed by atoms with Gasteiger partial charge in [-0.1, -0.05) is 17.7 Å². The number of hydrogen-bond donors (Lipinski definition) is 1. The first-order valence-corrected chi connectivity index (χ1v) is 6.87. The average Bonchev–Trinajstić information content (AvgIpc) is 2.52. The molecule has 0 aliphatic heterocycles. The van der Waals surface area contributed by atoms with E-state index < -0.39 is 0 Å². The van der Waals surface area contributed by atoms with E-state index >= 15 is 0 Å². The van der Waals surface area contributed by atoms with Crippen LogP contribution in [0.15, 0.2) is 48.5 Å². The number of benzene rings is 2. The van der Waals surface area contributed by atoms with Gasteiger partial charge in [0.1, 0.15) is 18.1 Å². The monoisotopic (exact) mass is 305 g/mol. The third kappa shape index (κ3) is 4.68. The zero-order valence-corrected chi connectivity index (χ0v) is 12.4. The summed E-state index contributed by atoms with van der Waals surface area (Å²) < 4.78 is 10.6. The number of carbonyl (C=O) groups is 1.